The summed E-state index contributed by atoms with van der Waals surface area (Å²) in [5.74, 6) is 0.315. The molecule has 0 heterocycles. The molecule has 5 heteroatoms. The second-order valence-corrected chi connectivity index (χ2v) is 2.40. The normalized spacial score (nSPS) is 12.0. The Morgan fingerprint density at radius 3 is 2.30 bits per heavy atom. The van der Waals surface area contributed by atoms with Crippen LogP contribution in [0, 0.1) is 5.92 Å². The molecule has 1 unspecified atom stereocenters. The van der Waals surface area contributed by atoms with Crippen LogP contribution in [-0.2, 0) is 0 Å². The molecule has 0 fully saturated rings. The van der Waals surface area contributed by atoms with E-state index in [-0.39, 0.29) is 12.4 Å². The van der Waals surface area contributed by atoms with Gasteiger partial charge in [0.15, 0.2) is 0 Å². The van der Waals surface area contributed by atoms with Gasteiger partial charge in [0.05, 0.1) is 0 Å². The molecule has 4 N–H and O–H groups in total. The highest BCUT2D eigenvalue weighted by atomic mass is 35.5. The Morgan fingerprint density at radius 1 is 1.50 bits per heavy atom. The molecule has 0 aromatic carbocycles. The summed E-state index contributed by atoms with van der Waals surface area (Å²) in [6, 6.07) is 0. The minimum Gasteiger partial charge on any atom is -0.427 e. The molecule has 0 aliphatic heterocycles. The zero-order valence-corrected chi connectivity index (χ0v) is 6.97. The molecule has 0 radical (unpaired) electrons. The molecule has 10 heavy (non-hydrogen) atoms. The van der Waals surface area contributed by atoms with Crippen molar-refractivity contribution in [1.29, 1.82) is 0 Å². The third-order valence-corrected chi connectivity index (χ3v) is 1.27. The van der Waals surface area contributed by atoms with Crippen LogP contribution in [0.25, 0.3) is 0 Å². The van der Waals surface area contributed by atoms with E-state index >= 15 is 0 Å². The lowest BCUT2D eigenvalue weighted by Crippen LogP contribution is -2.16. The zero-order chi connectivity index (χ0) is 7.28. The Labute approximate surface area is 68.2 Å². The van der Waals surface area contributed by atoms with Crippen LogP contribution in [0.5, 0.6) is 0 Å². The van der Waals surface area contributed by atoms with Gasteiger partial charge < -0.3 is 15.8 Å². The molecule has 0 aromatic rings. The van der Waals surface area contributed by atoms with Crippen LogP contribution in [0.4, 0.5) is 0 Å². The first kappa shape index (κ1) is 12.9. The molecule has 1 atom stereocenters. The van der Waals surface area contributed by atoms with Crippen LogP contribution in [0.2, 0.25) is 6.32 Å². The van der Waals surface area contributed by atoms with E-state index in [1.807, 2.05) is 6.92 Å². The molecule has 0 aliphatic carbocycles. The summed E-state index contributed by atoms with van der Waals surface area (Å²) in [5, 5.41) is 16.9. The smallest absolute Gasteiger partial charge is 0.427 e. The van der Waals surface area contributed by atoms with Gasteiger partial charge in [-0.2, -0.15) is 0 Å². The van der Waals surface area contributed by atoms with Crippen molar-refractivity contribution in [2.24, 2.45) is 11.7 Å². The highest BCUT2D eigenvalue weighted by molar-refractivity contribution is 6.41. The number of rotatable bonds is 4. The number of nitrogens with two attached hydrogens (primary N) is 1. The van der Waals surface area contributed by atoms with Gasteiger partial charge in [0, 0.05) is 0 Å². The third-order valence-electron chi connectivity index (χ3n) is 1.27. The lowest BCUT2D eigenvalue weighted by Gasteiger charge is -2.06. The minimum absolute atomic E-state index is 0. The summed E-state index contributed by atoms with van der Waals surface area (Å²) in [4.78, 5) is 0. The molecule has 0 aliphatic rings. The summed E-state index contributed by atoms with van der Waals surface area (Å²) in [5.41, 5.74) is 5.24. The van der Waals surface area contributed by atoms with Gasteiger partial charge in [-0.15, -0.1) is 12.4 Å². The topological polar surface area (TPSA) is 66.5 Å². The predicted octanol–water partition coefficient (Wildman–Crippen LogP) is -0.134. The van der Waals surface area contributed by atoms with Crippen LogP contribution in [0.1, 0.15) is 13.3 Å². The van der Waals surface area contributed by atoms with Gasteiger partial charge in [-0.25, -0.2) is 0 Å². The summed E-state index contributed by atoms with van der Waals surface area (Å²) < 4.78 is 0. The fraction of sp³-hybridized carbons (Fsp3) is 1.00. The van der Waals surface area contributed by atoms with Gasteiger partial charge in [0.25, 0.3) is 0 Å². The zero-order valence-electron chi connectivity index (χ0n) is 6.16. The number of halogens is 1. The Hall–Kier alpha value is 0.235. The lowest BCUT2D eigenvalue weighted by molar-refractivity contribution is 0.387. The molecule has 0 saturated carbocycles. The molecule has 62 valence electrons. The van der Waals surface area contributed by atoms with E-state index in [4.69, 9.17) is 15.8 Å². The first-order valence-electron chi connectivity index (χ1n) is 3.23. The van der Waals surface area contributed by atoms with Crippen molar-refractivity contribution in [3.63, 3.8) is 0 Å². The van der Waals surface area contributed by atoms with Crippen molar-refractivity contribution in [3.8, 4) is 0 Å². The highest BCUT2D eigenvalue weighted by Gasteiger charge is 2.11. The second kappa shape index (κ2) is 7.34. The van der Waals surface area contributed by atoms with Gasteiger partial charge in [-0.1, -0.05) is 6.92 Å². The van der Waals surface area contributed by atoms with Gasteiger partial charge in [0.1, 0.15) is 0 Å². The van der Waals surface area contributed by atoms with Crippen molar-refractivity contribution in [2.75, 3.05) is 6.54 Å². The summed E-state index contributed by atoms with van der Waals surface area (Å²) in [7, 11) is -1.17. The van der Waals surface area contributed by atoms with Gasteiger partial charge >= 0.3 is 7.12 Å². The Kier molecular flexibility index (Phi) is 9.45. The summed E-state index contributed by atoms with van der Waals surface area (Å²) >= 11 is 0. The third kappa shape index (κ3) is 8.23. The number of hydrogen-bond donors (Lipinski definition) is 3. The first-order chi connectivity index (χ1) is 4.16. The van der Waals surface area contributed by atoms with Crippen molar-refractivity contribution < 1.29 is 10.0 Å². The molecule has 0 bridgehead atoms. The molecule has 3 nitrogen and oxygen atoms in total. The SMILES string of the molecule is CC(CCN)CB(O)O.Cl. The van der Waals surface area contributed by atoms with Crippen molar-refractivity contribution >= 4 is 19.5 Å². The average Bonchev–Trinajstić information content (AvgIpc) is 1.63. The average molecular weight is 167 g/mol. The maximum Gasteiger partial charge on any atom is 0.451 e. The molecule has 0 aromatic heterocycles. The lowest BCUT2D eigenvalue weighted by atomic mass is 9.78. The van der Waals surface area contributed by atoms with Crippen molar-refractivity contribution in [1.82, 2.24) is 0 Å². The van der Waals surface area contributed by atoms with E-state index in [2.05, 4.69) is 0 Å². The summed E-state index contributed by atoms with van der Waals surface area (Å²) in [6.07, 6.45) is 1.29. The summed E-state index contributed by atoms with van der Waals surface area (Å²) in [6.45, 7) is 2.57. The second-order valence-electron chi connectivity index (χ2n) is 2.40. The van der Waals surface area contributed by atoms with Crippen molar-refractivity contribution in [3.05, 3.63) is 0 Å². The van der Waals surface area contributed by atoms with E-state index < -0.39 is 7.12 Å². The highest BCUT2D eigenvalue weighted by Crippen LogP contribution is 2.06. The van der Waals surface area contributed by atoms with Crippen LogP contribution >= 0.6 is 12.4 Å². The maximum atomic E-state index is 8.46. The maximum absolute atomic E-state index is 8.46. The van der Waals surface area contributed by atoms with Crippen LogP contribution in [0.15, 0.2) is 0 Å². The van der Waals surface area contributed by atoms with E-state index in [9.17, 15) is 0 Å². The van der Waals surface area contributed by atoms with Crippen LogP contribution in [-0.4, -0.2) is 23.7 Å². The quantitative estimate of drug-likeness (QED) is 0.511. The van der Waals surface area contributed by atoms with E-state index in [0.29, 0.717) is 18.8 Å². The molecular weight excluding hydrogens is 152 g/mol. The van der Waals surface area contributed by atoms with E-state index in [1.54, 1.807) is 0 Å². The van der Waals surface area contributed by atoms with Gasteiger partial charge in [-0.05, 0) is 25.2 Å². The predicted molar refractivity (Wildman–Crippen MR) is 45.1 cm³/mol. The monoisotopic (exact) mass is 167 g/mol. The van der Waals surface area contributed by atoms with E-state index in [1.165, 1.54) is 0 Å². The molecule has 0 saturated heterocycles. The van der Waals surface area contributed by atoms with Gasteiger partial charge in [-0.3, -0.25) is 0 Å². The largest absolute Gasteiger partial charge is 0.451 e. The van der Waals surface area contributed by atoms with Crippen LogP contribution < -0.4 is 5.73 Å². The van der Waals surface area contributed by atoms with Crippen molar-refractivity contribution in [2.45, 2.75) is 19.7 Å². The molecule has 0 rings (SSSR count). The number of hydrogen-bond acceptors (Lipinski definition) is 3. The fourth-order valence-corrected chi connectivity index (χ4v) is 0.762. The Morgan fingerprint density at radius 2 is 2.00 bits per heavy atom. The first-order valence-corrected chi connectivity index (χ1v) is 3.23. The minimum atomic E-state index is -1.17. The van der Waals surface area contributed by atoms with Gasteiger partial charge in [0.2, 0.25) is 0 Å². The Bertz CT molecular complexity index is 74.7. The fourth-order valence-electron chi connectivity index (χ4n) is 0.762. The molecule has 0 spiro atoms. The Balaban J connectivity index is 0. The molecular formula is C5H15BClNO2. The standard InChI is InChI=1S/C5H14BNO2.ClH/c1-5(2-3-7)4-6(8)9;/h5,8-9H,2-4,7H2,1H3;1H. The molecule has 0 amide bonds. The van der Waals surface area contributed by atoms with E-state index in [0.717, 1.165) is 6.42 Å². The van der Waals surface area contributed by atoms with Crippen LogP contribution in [0.3, 0.4) is 0 Å².